The smallest absolute Gasteiger partial charge is 0.158 e. The minimum absolute atomic E-state index is 0.147. The SMILES string of the molecule is FC(F)(F)N1CCCS1. The molecule has 1 heterocycles. The molecular formula is C4H6F3NS. The number of nitrogens with zero attached hydrogens (tertiary/aromatic N) is 1. The number of hydrogen-bond donors (Lipinski definition) is 0. The normalized spacial score (nSPS) is 23.0. The molecule has 0 unspecified atom stereocenters. The molecule has 0 aliphatic carbocycles. The monoisotopic (exact) mass is 157 g/mol. The Morgan fingerprint density at radius 2 is 2.00 bits per heavy atom. The van der Waals surface area contributed by atoms with E-state index in [1.54, 1.807) is 0 Å². The molecule has 0 aromatic carbocycles. The highest BCUT2D eigenvalue weighted by Crippen LogP contribution is 2.32. The van der Waals surface area contributed by atoms with Crippen molar-refractivity contribution in [1.29, 1.82) is 0 Å². The van der Waals surface area contributed by atoms with Gasteiger partial charge in [-0.2, -0.15) is 17.5 Å². The predicted molar refractivity (Wildman–Crippen MR) is 29.8 cm³/mol. The van der Waals surface area contributed by atoms with Crippen molar-refractivity contribution in [1.82, 2.24) is 4.31 Å². The third-order valence-corrected chi connectivity index (χ3v) is 2.21. The number of alkyl halides is 3. The van der Waals surface area contributed by atoms with Gasteiger partial charge in [0.15, 0.2) is 0 Å². The highest BCUT2D eigenvalue weighted by molar-refractivity contribution is 7.97. The second-order valence-corrected chi connectivity index (χ2v) is 2.86. The van der Waals surface area contributed by atoms with E-state index in [0.29, 0.717) is 16.5 Å². The molecule has 1 nitrogen and oxygen atoms in total. The number of halogens is 3. The molecule has 5 heteroatoms. The summed E-state index contributed by atoms with van der Waals surface area (Å²) in [6.07, 6.45) is -3.48. The van der Waals surface area contributed by atoms with Crippen LogP contribution >= 0.6 is 11.9 Å². The van der Waals surface area contributed by atoms with Gasteiger partial charge in [0.1, 0.15) is 0 Å². The summed E-state index contributed by atoms with van der Waals surface area (Å²) in [7, 11) is 0. The first-order valence-electron chi connectivity index (χ1n) is 2.58. The zero-order valence-corrected chi connectivity index (χ0v) is 5.43. The molecule has 1 aliphatic rings. The lowest BCUT2D eigenvalue weighted by Crippen LogP contribution is -2.29. The molecule has 54 valence electrons. The minimum atomic E-state index is -4.12. The maximum atomic E-state index is 11.7. The Hall–Kier alpha value is 0.100. The lowest BCUT2D eigenvalue weighted by atomic mass is 10.5. The highest BCUT2D eigenvalue weighted by atomic mass is 32.2. The molecule has 0 bridgehead atoms. The Balaban J connectivity index is 2.42. The van der Waals surface area contributed by atoms with Crippen molar-refractivity contribution in [3.63, 3.8) is 0 Å². The second-order valence-electron chi connectivity index (χ2n) is 1.76. The van der Waals surface area contributed by atoms with Crippen LogP contribution in [0.25, 0.3) is 0 Å². The van der Waals surface area contributed by atoms with Gasteiger partial charge in [-0.1, -0.05) is 11.9 Å². The van der Waals surface area contributed by atoms with Crippen molar-refractivity contribution in [2.45, 2.75) is 12.7 Å². The molecular weight excluding hydrogens is 151 g/mol. The first-order chi connectivity index (χ1) is 4.11. The molecule has 9 heavy (non-hydrogen) atoms. The zero-order chi connectivity index (χ0) is 6.91. The van der Waals surface area contributed by atoms with Crippen LogP contribution in [0.3, 0.4) is 0 Å². The van der Waals surface area contributed by atoms with E-state index in [9.17, 15) is 13.2 Å². The van der Waals surface area contributed by atoms with Crippen LogP contribution in [0.5, 0.6) is 0 Å². The van der Waals surface area contributed by atoms with Crippen molar-refractivity contribution >= 4 is 11.9 Å². The summed E-state index contributed by atoms with van der Waals surface area (Å²) >= 11 is 0.858. The third-order valence-electron chi connectivity index (χ3n) is 1.04. The predicted octanol–water partition coefficient (Wildman–Crippen LogP) is 1.86. The first-order valence-corrected chi connectivity index (χ1v) is 3.52. The summed E-state index contributed by atoms with van der Waals surface area (Å²) in [6.45, 7) is 0.147. The average molecular weight is 157 g/mol. The van der Waals surface area contributed by atoms with Gasteiger partial charge in [0, 0.05) is 12.3 Å². The van der Waals surface area contributed by atoms with Crippen LogP contribution in [0.1, 0.15) is 6.42 Å². The molecule has 1 aliphatic heterocycles. The first kappa shape index (κ1) is 7.21. The van der Waals surface area contributed by atoms with E-state index in [4.69, 9.17) is 0 Å². The van der Waals surface area contributed by atoms with Gasteiger partial charge in [-0.05, 0) is 6.42 Å². The Bertz CT molecular complexity index is 96.5. The van der Waals surface area contributed by atoms with Crippen molar-refractivity contribution < 1.29 is 13.2 Å². The molecule has 0 N–H and O–H groups in total. The molecule has 0 atom stereocenters. The minimum Gasteiger partial charge on any atom is -0.158 e. The van der Waals surface area contributed by atoms with Crippen molar-refractivity contribution in [3.05, 3.63) is 0 Å². The van der Waals surface area contributed by atoms with Crippen molar-refractivity contribution in [2.75, 3.05) is 12.3 Å². The fourth-order valence-corrected chi connectivity index (χ4v) is 1.53. The fraction of sp³-hybridized carbons (Fsp3) is 1.00. The quantitative estimate of drug-likeness (QED) is 0.390. The van der Waals surface area contributed by atoms with Gasteiger partial charge in [-0.15, -0.1) is 0 Å². The molecule has 1 saturated heterocycles. The lowest BCUT2D eigenvalue weighted by molar-refractivity contribution is -0.204. The van der Waals surface area contributed by atoms with Gasteiger partial charge >= 0.3 is 6.30 Å². The van der Waals surface area contributed by atoms with Crippen molar-refractivity contribution in [3.8, 4) is 0 Å². The van der Waals surface area contributed by atoms with Crippen LogP contribution in [-0.4, -0.2) is 22.9 Å². The molecule has 0 radical (unpaired) electrons. The van der Waals surface area contributed by atoms with Crippen LogP contribution in [0.4, 0.5) is 13.2 Å². The molecule has 0 amide bonds. The standard InChI is InChI=1S/C4H6F3NS/c5-4(6,7)8-2-1-3-9-8/h1-3H2. The molecule has 1 fully saturated rings. The van der Waals surface area contributed by atoms with Gasteiger partial charge in [0.05, 0.1) is 0 Å². The molecule has 0 aromatic rings. The van der Waals surface area contributed by atoms with E-state index in [0.717, 1.165) is 11.9 Å². The summed E-state index contributed by atoms with van der Waals surface area (Å²) in [6, 6.07) is 0. The fourth-order valence-electron chi connectivity index (χ4n) is 0.647. The van der Waals surface area contributed by atoms with Crippen LogP contribution < -0.4 is 0 Å². The Morgan fingerprint density at radius 3 is 2.22 bits per heavy atom. The average Bonchev–Trinajstić information content (AvgIpc) is 2.08. The van der Waals surface area contributed by atoms with E-state index in [-0.39, 0.29) is 6.54 Å². The van der Waals surface area contributed by atoms with Crippen molar-refractivity contribution in [2.24, 2.45) is 0 Å². The van der Waals surface area contributed by atoms with Gasteiger partial charge < -0.3 is 0 Å². The summed E-state index contributed by atoms with van der Waals surface area (Å²) in [5, 5.41) is 0. The summed E-state index contributed by atoms with van der Waals surface area (Å²) in [5.41, 5.74) is 0. The summed E-state index contributed by atoms with van der Waals surface area (Å²) in [5.74, 6) is 0.597. The third kappa shape index (κ3) is 1.76. The lowest BCUT2D eigenvalue weighted by Gasteiger charge is -2.15. The maximum Gasteiger partial charge on any atom is 0.469 e. The molecule has 1 rings (SSSR count). The van der Waals surface area contributed by atoms with Crippen LogP contribution in [-0.2, 0) is 0 Å². The van der Waals surface area contributed by atoms with Gasteiger partial charge in [-0.25, -0.2) is 0 Å². The molecule has 0 aromatic heterocycles. The largest absolute Gasteiger partial charge is 0.469 e. The highest BCUT2D eigenvalue weighted by Gasteiger charge is 2.39. The van der Waals surface area contributed by atoms with Gasteiger partial charge in [0.2, 0.25) is 0 Å². The Labute approximate surface area is 55.3 Å². The summed E-state index contributed by atoms with van der Waals surface area (Å²) < 4.78 is 35.5. The van der Waals surface area contributed by atoms with Crippen LogP contribution in [0.15, 0.2) is 0 Å². The Kier molecular flexibility index (Phi) is 1.91. The Morgan fingerprint density at radius 1 is 1.33 bits per heavy atom. The van der Waals surface area contributed by atoms with E-state index in [1.807, 2.05) is 0 Å². The van der Waals surface area contributed by atoms with Gasteiger partial charge in [0.25, 0.3) is 0 Å². The van der Waals surface area contributed by atoms with Gasteiger partial charge in [-0.3, -0.25) is 0 Å². The van der Waals surface area contributed by atoms with Crippen LogP contribution in [0.2, 0.25) is 0 Å². The van der Waals surface area contributed by atoms with E-state index in [1.165, 1.54) is 0 Å². The topological polar surface area (TPSA) is 3.24 Å². The molecule has 0 saturated carbocycles. The number of rotatable bonds is 0. The molecule has 0 spiro atoms. The van der Waals surface area contributed by atoms with E-state index in [2.05, 4.69) is 0 Å². The van der Waals surface area contributed by atoms with E-state index >= 15 is 0 Å². The van der Waals surface area contributed by atoms with Crippen LogP contribution in [0, 0.1) is 0 Å². The summed E-state index contributed by atoms with van der Waals surface area (Å²) in [4.78, 5) is 0. The number of hydrogen-bond acceptors (Lipinski definition) is 2. The zero-order valence-electron chi connectivity index (χ0n) is 4.61. The maximum absolute atomic E-state index is 11.7. The van der Waals surface area contributed by atoms with E-state index < -0.39 is 6.30 Å². The second kappa shape index (κ2) is 2.38.